The molecule has 2 aromatic carbocycles. The summed E-state index contributed by atoms with van der Waals surface area (Å²) in [6.45, 7) is 8.98. The number of nitrogens with one attached hydrogen (secondary N) is 2. The summed E-state index contributed by atoms with van der Waals surface area (Å²) in [6.07, 6.45) is 4.53. The van der Waals surface area contributed by atoms with Crippen LogP contribution in [0.4, 0.5) is 17.1 Å². The van der Waals surface area contributed by atoms with Crippen LogP contribution in [0.1, 0.15) is 72.3 Å². The highest BCUT2D eigenvalue weighted by molar-refractivity contribution is 6.02. The number of anilines is 3. The Morgan fingerprint density at radius 2 is 1.82 bits per heavy atom. The molecule has 206 valence electrons. The highest BCUT2D eigenvalue weighted by Crippen LogP contribution is 2.44. The molecule has 1 saturated carbocycles. The predicted octanol–water partition coefficient (Wildman–Crippen LogP) is 4.52. The van der Waals surface area contributed by atoms with Crippen molar-refractivity contribution in [2.75, 3.05) is 15.5 Å². The standard InChI is InChI=1S/C30H39N7O2/c1-29(2)15-17(31)16-30(3,4)37(29)20-8-10-24-23(14-20)34-27-21-13-19(33-18-5-6-18)7-9-22(21)35-28(39)25(36(24)27)11-12-26(32)38/h7-10,13-14,17-18,25,33H,5-6,11-12,15-16,31H2,1-4H3,(H2,32,38)(H,35,39). The van der Waals surface area contributed by atoms with Crippen molar-refractivity contribution in [3.05, 3.63) is 36.4 Å². The molecule has 3 aromatic rings. The number of primary amides is 1. The third kappa shape index (κ3) is 4.62. The van der Waals surface area contributed by atoms with Gasteiger partial charge in [-0.2, -0.15) is 0 Å². The normalized spacial score (nSPS) is 22.1. The van der Waals surface area contributed by atoms with Crippen molar-refractivity contribution in [3.8, 4) is 11.4 Å². The van der Waals surface area contributed by atoms with Gasteiger partial charge >= 0.3 is 0 Å². The summed E-state index contributed by atoms with van der Waals surface area (Å²) in [4.78, 5) is 32.9. The van der Waals surface area contributed by atoms with E-state index >= 15 is 0 Å². The average Bonchev–Trinajstić information content (AvgIpc) is 3.58. The molecule has 3 aliphatic rings. The van der Waals surface area contributed by atoms with Crippen molar-refractivity contribution in [2.45, 2.75) is 95.4 Å². The SMILES string of the molecule is CC1(C)CC(N)CC(C)(C)N1c1ccc2c(c1)nc1n2C(CCC(N)=O)C(=O)Nc2ccc(NC3CC3)cc2-1. The van der Waals surface area contributed by atoms with Gasteiger partial charge in [-0.25, -0.2) is 4.98 Å². The van der Waals surface area contributed by atoms with E-state index in [0.29, 0.717) is 24.0 Å². The van der Waals surface area contributed by atoms with Crippen LogP contribution in [0.2, 0.25) is 0 Å². The fraction of sp³-hybridized carbons (Fsp3) is 0.500. The first-order chi connectivity index (χ1) is 18.4. The molecule has 1 unspecified atom stereocenters. The molecular formula is C30H39N7O2. The van der Waals surface area contributed by atoms with Gasteiger partial charge in [0.15, 0.2) is 0 Å². The van der Waals surface area contributed by atoms with Gasteiger partial charge in [0.25, 0.3) is 0 Å². The monoisotopic (exact) mass is 529 g/mol. The molecule has 6 rings (SSSR count). The van der Waals surface area contributed by atoms with Crippen LogP contribution in [0.15, 0.2) is 36.4 Å². The summed E-state index contributed by atoms with van der Waals surface area (Å²) < 4.78 is 1.99. The summed E-state index contributed by atoms with van der Waals surface area (Å²) in [5, 5.41) is 6.64. The number of rotatable bonds is 6. The molecule has 0 radical (unpaired) electrons. The topological polar surface area (TPSA) is 131 Å². The lowest BCUT2D eigenvalue weighted by atomic mass is 9.77. The Labute approximate surface area is 229 Å². The molecule has 0 spiro atoms. The Bertz CT molecular complexity index is 1450. The van der Waals surface area contributed by atoms with Crippen LogP contribution >= 0.6 is 0 Å². The van der Waals surface area contributed by atoms with Gasteiger partial charge in [0.2, 0.25) is 11.8 Å². The Morgan fingerprint density at radius 1 is 1.10 bits per heavy atom. The Kier molecular flexibility index (Phi) is 5.91. The lowest BCUT2D eigenvalue weighted by Gasteiger charge is -2.56. The minimum absolute atomic E-state index is 0.108. The van der Waals surface area contributed by atoms with Crippen LogP contribution in [-0.4, -0.2) is 44.5 Å². The van der Waals surface area contributed by atoms with Crippen molar-refractivity contribution in [1.29, 1.82) is 0 Å². The quantitative estimate of drug-likeness (QED) is 0.371. The summed E-state index contributed by atoms with van der Waals surface area (Å²) in [7, 11) is 0. The number of carbonyl (C=O) groups is 2. The van der Waals surface area contributed by atoms with E-state index in [1.165, 1.54) is 12.8 Å². The molecule has 9 nitrogen and oxygen atoms in total. The second-order valence-electron chi connectivity index (χ2n) is 12.8. The van der Waals surface area contributed by atoms with Gasteiger partial charge in [-0.3, -0.25) is 9.59 Å². The van der Waals surface area contributed by atoms with Gasteiger partial charge in [0.05, 0.1) is 16.7 Å². The Hall–Kier alpha value is -3.59. The van der Waals surface area contributed by atoms with Gasteiger partial charge in [0, 0.05) is 46.5 Å². The van der Waals surface area contributed by atoms with Crippen molar-refractivity contribution in [3.63, 3.8) is 0 Å². The maximum atomic E-state index is 13.5. The zero-order valence-corrected chi connectivity index (χ0v) is 23.3. The van der Waals surface area contributed by atoms with Gasteiger partial charge in [-0.05, 0) is 96.2 Å². The number of carbonyl (C=O) groups excluding carboxylic acids is 2. The number of nitrogens with zero attached hydrogens (tertiary/aromatic N) is 3. The van der Waals surface area contributed by atoms with Crippen LogP contribution in [0, 0.1) is 0 Å². The van der Waals surface area contributed by atoms with Gasteiger partial charge in [0.1, 0.15) is 11.9 Å². The zero-order chi connectivity index (χ0) is 27.7. The number of nitrogens with two attached hydrogens (primary N) is 2. The van der Waals surface area contributed by atoms with Crippen LogP contribution in [0.3, 0.4) is 0 Å². The van der Waals surface area contributed by atoms with Crippen LogP contribution in [0.5, 0.6) is 0 Å². The van der Waals surface area contributed by atoms with Crippen molar-refractivity contribution in [1.82, 2.24) is 9.55 Å². The third-order valence-electron chi connectivity index (χ3n) is 8.41. The van der Waals surface area contributed by atoms with E-state index in [1.54, 1.807) is 0 Å². The Morgan fingerprint density at radius 3 is 2.49 bits per heavy atom. The van der Waals surface area contributed by atoms with Crippen molar-refractivity contribution >= 4 is 39.9 Å². The average molecular weight is 530 g/mol. The van der Waals surface area contributed by atoms with E-state index in [0.717, 1.165) is 40.8 Å². The maximum Gasteiger partial charge on any atom is 0.247 e. The fourth-order valence-corrected chi connectivity index (χ4v) is 7.05. The number of fused-ring (bicyclic) bond motifs is 5. The molecule has 1 atom stereocenters. The van der Waals surface area contributed by atoms with Crippen LogP contribution in [-0.2, 0) is 9.59 Å². The minimum atomic E-state index is -0.614. The lowest BCUT2D eigenvalue weighted by molar-refractivity contribution is -0.120. The summed E-state index contributed by atoms with van der Waals surface area (Å²) in [5.74, 6) is 0.111. The van der Waals surface area contributed by atoms with Crippen molar-refractivity contribution < 1.29 is 9.59 Å². The smallest absolute Gasteiger partial charge is 0.247 e. The highest BCUT2D eigenvalue weighted by Gasteiger charge is 2.44. The number of hydrogen-bond donors (Lipinski definition) is 4. The molecule has 3 heterocycles. The lowest BCUT2D eigenvalue weighted by Crippen LogP contribution is -2.63. The second kappa shape index (κ2) is 8.98. The second-order valence-corrected chi connectivity index (χ2v) is 12.8. The maximum absolute atomic E-state index is 13.5. The van der Waals surface area contributed by atoms with E-state index in [2.05, 4.69) is 67.5 Å². The minimum Gasteiger partial charge on any atom is -0.382 e. The number of benzene rings is 2. The number of aromatic nitrogens is 2. The molecular weight excluding hydrogens is 490 g/mol. The van der Waals surface area contributed by atoms with Gasteiger partial charge in [-0.1, -0.05) is 0 Å². The number of imidazole rings is 1. The third-order valence-corrected chi connectivity index (χ3v) is 8.41. The van der Waals surface area contributed by atoms with E-state index in [4.69, 9.17) is 16.5 Å². The van der Waals surface area contributed by atoms with E-state index < -0.39 is 11.9 Å². The van der Waals surface area contributed by atoms with Crippen LogP contribution < -0.4 is 27.0 Å². The number of piperidine rings is 1. The summed E-state index contributed by atoms with van der Waals surface area (Å²) >= 11 is 0. The molecule has 2 aliphatic heterocycles. The number of hydrogen-bond acceptors (Lipinski definition) is 6. The van der Waals surface area contributed by atoms with Crippen molar-refractivity contribution in [2.24, 2.45) is 11.5 Å². The van der Waals surface area contributed by atoms with Gasteiger partial charge in [-0.15, -0.1) is 0 Å². The molecule has 1 aromatic heterocycles. The molecule has 39 heavy (non-hydrogen) atoms. The van der Waals surface area contributed by atoms with E-state index in [-0.39, 0.29) is 29.4 Å². The predicted molar refractivity (Wildman–Crippen MR) is 156 cm³/mol. The molecule has 1 aliphatic carbocycles. The van der Waals surface area contributed by atoms with E-state index in [9.17, 15) is 9.59 Å². The molecule has 6 N–H and O–H groups in total. The Balaban J connectivity index is 1.51. The zero-order valence-electron chi connectivity index (χ0n) is 23.3. The largest absolute Gasteiger partial charge is 0.382 e. The molecule has 2 fully saturated rings. The summed E-state index contributed by atoms with van der Waals surface area (Å²) in [5.41, 5.74) is 17.0. The number of amides is 2. The van der Waals surface area contributed by atoms with E-state index in [1.807, 2.05) is 16.7 Å². The van der Waals surface area contributed by atoms with Gasteiger partial charge < -0.3 is 31.6 Å². The highest BCUT2D eigenvalue weighted by atomic mass is 16.2. The molecule has 9 heteroatoms. The molecule has 2 amide bonds. The first kappa shape index (κ1) is 25.7. The molecule has 1 saturated heterocycles. The fourth-order valence-electron chi connectivity index (χ4n) is 7.05. The summed E-state index contributed by atoms with van der Waals surface area (Å²) in [6, 6.07) is 12.4. The first-order valence-corrected chi connectivity index (χ1v) is 14.0. The first-order valence-electron chi connectivity index (χ1n) is 14.0. The van der Waals surface area contributed by atoms with Crippen LogP contribution in [0.25, 0.3) is 22.4 Å². The molecule has 0 bridgehead atoms.